The number of unbranched alkanes of at least 4 members (excludes halogenated alkanes) is 25. The number of hydrogen-bond acceptors (Lipinski definition) is 10. The minimum absolute atomic E-state index is 0.0910. The maximum atomic E-state index is 13.4. The average Bonchev–Trinajstić information content (AvgIpc) is 3.49. The molecule has 0 aliphatic carbocycles. The predicted octanol–water partition coefficient (Wildman–Crippen LogP) is 15.5. The zero-order valence-electron chi connectivity index (χ0n) is 50.2. The number of hydrogen-bond donors (Lipinski definition) is 6. The largest absolute Gasteiger partial charge is 0.454 e. The summed E-state index contributed by atoms with van der Waals surface area (Å²) < 4.78 is 17.6. The van der Waals surface area contributed by atoms with Crippen LogP contribution in [0.1, 0.15) is 258 Å². The third kappa shape index (κ3) is 43.0. The number of aliphatic hydroxyl groups excluding tert-OH is 5. The highest BCUT2D eigenvalue weighted by Gasteiger charge is 2.47. The van der Waals surface area contributed by atoms with Gasteiger partial charge in [-0.25, -0.2) is 0 Å². The number of allylic oxidation sites excluding steroid dienone is 15. The quantitative estimate of drug-likeness (QED) is 0.0195. The molecular formula is C68H117NO10. The Kier molecular flexibility index (Phi) is 51.4. The summed E-state index contributed by atoms with van der Waals surface area (Å²) >= 11 is 0. The molecule has 0 aromatic rings. The zero-order valence-corrected chi connectivity index (χ0v) is 50.2. The van der Waals surface area contributed by atoms with E-state index in [4.69, 9.17) is 14.2 Å². The molecule has 1 saturated heterocycles. The Labute approximate surface area is 482 Å². The molecule has 0 bridgehead atoms. The van der Waals surface area contributed by atoms with Crippen LogP contribution in [-0.2, 0) is 23.8 Å². The minimum Gasteiger partial charge on any atom is -0.454 e. The van der Waals surface area contributed by atoms with Crippen molar-refractivity contribution in [1.82, 2.24) is 5.32 Å². The maximum absolute atomic E-state index is 13.4. The fourth-order valence-electron chi connectivity index (χ4n) is 9.35. The van der Waals surface area contributed by atoms with Crippen LogP contribution in [0.15, 0.2) is 97.2 Å². The molecule has 454 valence electrons. The highest BCUT2D eigenvalue weighted by molar-refractivity contribution is 5.80. The lowest BCUT2D eigenvalue weighted by Crippen LogP contribution is -2.61. The summed E-state index contributed by atoms with van der Waals surface area (Å²) in [6.45, 7) is 5.71. The van der Waals surface area contributed by atoms with Gasteiger partial charge in [-0.1, -0.05) is 240 Å². The topological polar surface area (TPSA) is 175 Å². The van der Waals surface area contributed by atoms with Crippen molar-refractivity contribution in [3.63, 3.8) is 0 Å². The highest BCUT2D eigenvalue weighted by Crippen LogP contribution is 2.26. The molecule has 1 amide bonds. The molecule has 0 saturated carbocycles. The van der Waals surface area contributed by atoms with Gasteiger partial charge in [0.1, 0.15) is 24.4 Å². The summed E-state index contributed by atoms with van der Waals surface area (Å²) in [6.07, 6.45) is 62.9. The SMILES string of the molecule is CCCCC/C=C\C/C=C\C/C=C\C/C=C\CCCCCCC(O)C(=O)NC(COC1OC(CO)C(O)C(O)C1OC(=O)CCCCCC/C=C\C/C=C\C/C=C\CCCCC)C(O)/C=C/CCCCCCCCCCCCC. The third-order valence-corrected chi connectivity index (χ3v) is 14.5. The molecule has 79 heavy (non-hydrogen) atoms. The predicted molar refractivity (Wildman–Crippen MR) is 329 cm³/mol. The van der Waals surface area contributed by atoms with Crippen LogP contribution in [0.3, 0.4) is 0 Å². The van der Waals surface area contributed by atoms with Crippen LogP contribution in [-0.4, -0.2) is 99.6 Å². The van der Waals surface area contributed by atoms with E-state index in [1.165, 1.54) is 96.3 Å². The van der Waals surface area contributed by atoms with Crippen molar-refractivity contribution in [1.29, 1.82) is 0 Å². The van der Waals surface area contributed by atoms with Crippen LogP contribution in [0, 0.1) is 0 Å². The standard InChI is InChI=1S/C68H117NO10/c1-4-7-10-13-16-19-22-25-27-29-30-31-33-34-37-40-43-46-49-52-55-61(72)67(76)69-59(60(71)54-51-48-45-42-39-36-24-21-18-15-12-9-6-3)58-77-68-66(65(75)64(74)62(57-70)78-68)79-63(73)56-53-50-47-44-41-38-35-32-28-26-23-20-17-14-11-8-5-2/h16-17,19-20,25-28,30-31,34-35,37-38,51,54,59-62,64-66,68,70-72,74-75H,4-15,18,21-24,29,32-33,36,39-50,52-53,55-58H2,1-3H3,(H,69,76)/b19-16-,20-17-,27-25-,28-26-,31-30-,37-34-,38-35-,54-51+. The van der Waals surface area contributed by atoms with Crippen LogP contribution in [0.2, 0.25) is 0 Å². The minimum atomic E-state index is -1.63. The second kappa shape index (κ2) is 55.1. The smallest absolute Gasteiger partial charge is 0.306 e. The van der Waals surface area contributed by atoms with E-state index in [1.54, 1.807) is 6.08 Å². The van der Waals surface area contributed by atoms with Gasteiger partial charge in [0, 0.05) is 6.42 Å². The van der Waals surface area contributed by atoms with E-state index in [2.05, 4.69) is 111 Å². The van der Waals surface area contributed by atoms with E-state index in [9.17, 15) is 35.1 Å². The number of carbonyl (C=O) groups excluding carboxylic acids is 2. The Morgan fingerprint density at radius 3 is 1.33 bits per heavy atom. The van der Waals surface area contributed by atoms with Gasteiger partial charge in [0.2, 0.25) is 5.91 Å². The average molecular weight is 1110 g/mol. The van der Waals surface area contributed by atoms with Gasteiger partial charge in [-0.05, 0) is 109 Å². The Morgan fingerprint density at radius 2 is 0.873 bits per heavy atom. The number of aliphatic hydroxyl groups is 5. The molecule has 11 nitrogen and oxygen atoms in total. The number of esters is 1. The summed E-state index contributed by atoms with van der Waals surface area (Å²) in [5, 5.41) is 57.0. The van der Waals surface area contributed by atoms with Crippen LogP contribution in [0.5, 0.6) is 0 Å². The fourth-order valence-corrected chi connectivity index (χ4v) is 9.35. The van der Waals surface area contributed by atoms with Crippen molar-refractivity contribution in [3.05, 3.63) is 97.2 Å². The van der Waals surface area contributed by atoms with Crippen LogP contribution in [0.25, 0.3) is 0 Å². The first-order valence-electron chi connectivity index (χ1n) is 32.0. The highest BCUT2D eigenvalue weighted by atomic mass is 16.7. The van der Waals surface area contributed by atoms with Gasteiger partial charge in [0.05, 0.1) is 25.4 Å². The van der Waals surface area contributed by atoms with Gasteiger partial charge in [-0.3, -0.25) is 9.59 Å². The normalized spacial score (nSPS) is 19.5. The summed E-state index contributed by atoms with van der Waals surface area (Å²) in [7, 11) is 0. The van der Waals surface area contributed by atoms with E-state index >= 15 is 0 Å². The third-order valence-electron chi connectivity index (χ3n) is 14.5. The van der Waals surface area contributed by atoms with Gasteiger partial charge >= 0.3 is 5.97 Å². The Bertz CT molecular complexity index is 1650. The molecule has 0 radical (unpaired) electrons. The van der Waals surface area contributed by atoms with E-state index in [0.717, 1.165) is 116 Å². The molecule has 6 N–H and O–H groups in total. The lowest BCUT2D eigenvalue weighted by Gasteiger charge is -2.41. The molecular weight excluding hydrogens is 991 g/mol. The van der Waals surface area contributed by atoms with Crippen molar-refractivity contribution < 1.29 is 49.3 Å². The lowest BCUT2D eigenvalue weighted by atomic mass is 9.99. The molecule has 1 rings (SSSR count). The molecule has 1 aliphatic heterocycles. The van der Waals surface area contributed by atoms with Crippen LogP contribution in [0.4, 0.5) is 0 Å². The van der Waals surface area contributed by atoms with E-state index < -0.39 is 67.4 Å². The first-order valence-corrected chi connectivity index (χ1v) is 32.0. The summed E-state index contributed by atoms with van der Waals surface area (Å²) in [6, 6.07) is -1.05. The van der Waals surface area contributed by atoms with Crippen LogP contribution >= 0.6 is 0 Å². The summed E-state index contributed by atoms with van der Waals surface area (Å²) in [5.74, 6) is -1.24. The maximum Gasteiger partial charge on any atom is 0.306 e. The van der Waals surface area contributed by atoms with Crippen molar-refractivity contribution in [2.45, 2.75) is 307 Å². The Hall–Kier alpha value is -3.42. The fraction of sp³-hybridized carbons (Fsp3) is 0.735. The molecule has 1 fully saturated rings. The van der Waals surface area contributed by atoms with Gasteiger partial charge < -0.3 is 45.1 Å². The lowest BCUT2D eigenvalue weighted by molar-refractivity contribution is -0.305. The molecule has 0 aromatic heterocycles. The number of ether oxygens (including phenoxy) is 3. The van der Waals surface area contributed by atoms with Crippen molar-refractivity contribution >= 4 is 11.9 Å². The Morgan fingerprint density at radius 1 is 0.494 bits per heavy atom. The van der Waals surface area contributed by atoms with Gasteiger partial charge in [0.25, 0.3) is 0 Å². The molecule has 0 aromatic carbocycles. The number of nitrogens with one attached hydrogen (secondary N) is 1. The first-order chi connectivity index (χ1) is 38.7. The van der Waals surface area contributed by atoms with Gasteiger partial charge in [0.15, 0.2) is 12.4 Å². The number of amides is 1. The summed E-state index contributed by atoms with van der Waals surface area (Å²) in [5.41, 5.74) is 0. The van der Waals surface area contributed by atoms with Crippen molar-refractivity contribution in [3.8, 4) is 0 Å². The molecule has 8 atom stereocenters. The van der Waals surface area contributed by atoms with E-state index in [1.807, 2.05) is 6.08 Å². The molecule has 1 aliphatic rings. The Balaban J connectivity index is 2.72. The van der Waals surface area contributed by atoms with E-state index in [0.29, 0.717) is 12.8 Å². The molecule has 0 spiro atoms. The van der Waals surface area contributed by atoms with Gasteiger partial charge in [-0.15, -0.1) is 0 Å². The monoisotopic (exact) mass is 1110 g/mol. The molecule has 1 heterocycles. The van der Waals surface area contributed by atoms with Crippen molar-refractivity contribution in [2.75, 3.05) is 13.2 Å². The van der Waals surface area contributed by atoms with Gasteiger partial charge in [-0.2, -0.15) is 0 Å². The van der Waals surface area contributed by atoms with Crippen molar-refractivity contribution in [2.24, 2.45) is 0 Å². The summed E-state index contributed by atoms with van der Waals surface area (Å²) in [4.78, 5) is 26.6. The number of carbonyl (C=O) groups is 2. The zero-order chi connectivity index (χ0) is 57.5. The van der Waals surface area contributed by atoms with E-state index in [-0.39, 0.29) is 19.4 Å². The van der Waals surface area contributed by atoms with Crippen LogP contribution < -0.4 is 5.32 Å². The second-order valence-electron chi connectivity index (χ2n) is 21.8. The molecule has 8 unspecified atom stereocenters. The first kappa shape index (κ1) is 73.6. The second-order valence-corrected chi connectivity index (χ2v) is 21.8. The number of rotatable bonds is 53. The molecule has 11 heteroatoms.